The Kier molecular flexibility index (Phi) is 7.82. The Morgan fingerprint density at radius 3 is 2.73 bits per heavy atom. The summed E-state index contributed by atoms with van der Waals surface area (Å²) in [5, 5.41) is 7.43. The molecular formula is C16H29N3O2S. The van der Waals surface area contributed by atoms with Gasteiger partial charge in [-0.1, -0.05) is 19.8 Å². The van der Waals surface area contributed by atoms with Gasteiger partial charge in [0.05, 0.1) is 5.01 Å². The summed E-state index contributed by atoms with van der Waals surface area (Å²) in [6.07, 6.45) is 4.86. The van der Waals surface area contributed by atoms with Crippen LogP contribution in [0.2, 0.25) is 0 Å². The molecule has 1 aromatic rings. The van der Waals surface area contributed by atoms with Gasteiger partial charge in [0.1, 0.15) is 5.60 Å². The van der Waals surface area contributed by atoms with Crippen LogP contribution >= 0.6 is 11.3 Å². The fourth-order valence-electron chi connectivity index (χ4n) is 1.98. The van der Waals surface area contributed by atoms with Crippen molar-refractivity contribution in [1.82, 2.24) is 15.6 Å². The van der Waals surface area contributed by atoms with Gasteiger partial charge in [-0.05, 0) is 34.1 Å². The maximum Gasteiger partial charge on any atom is 0.407 e. The molecule has 0 saturated carbocycles. The average molecular weight is 327 g/mol. The molecule has 0 aliphatic rings. The molecule has 0 aliphatic heterocycles. The quantitative estimate of drug-likeness (QED) is 0.765. The lowest BCUT2D eigenvalue weighted by molar-refractivity contribution is 0.0521. The van der Waals surface area contributed by atoms with Crippen molar-refractivity contribution in [2.45, 2.75) is 72.1 Å². The number of hydrogen-bond acceptors (Lipinski definition) is 5. The van der Waals surface area contributed by atoms with Crippen LogP contribution in [0, 0.1) is 6.92 Å². The Balaban J connectivity index is 2.41. The number of carbonyl (C=O) groups excluding carboxylic acids is 1. The number of aromatic nitrogens is 1. The van der Waals surface area contributed by atoms with E-state index in [1.807, 2.05) is 33.9 Å². The number of nitrogens with one attached hydrogen (secondary N) is 2. The van der Waals surface area contributed by atoms with E-state index in [-0.39, 0.29) is 12.1 Å². The highest BCUT2D eigenvalue weighted by Crippen LogP contribution is 2.12. The Morgan fingerprint density at radius 2 is 2.18 bits per heavy atom. The van der Waals surface area contributed by atoms with Crippen LogP contribution in [0.3, 0.4) is 0 Å². The molecule has 1 amide bonds. The van der Waals surface area contributed by atoms with E-state index in [1.54, 1.807) is 11.3 Å². The summed E-state index contributed by atoms with van der Waals surface area (Å²) >= 11 is 1.70. The molecule has 1 unspecified atom stereocenters. The van der Waals surface area contributed by atoms with Crippen molar-refractivity contribution in [2.75, 3.05) is 6.54 Å². The van der Waals surface area contributed by atoms with Crippen LogP contribution in [0.5, 0.6) is 0 Å². The highest BCUT2D eigenvalue weighted by Gasteiger charge is 2.17. The number of amides is 1. The van der Waals surface area contributed by atoms with Crippen molar-refractivity contribution in [2.24, 2.45) is 0 Å². The number of aryl methyl sites for hydroxylation is 1. The second-order valence-electron chi connectivity index (χ2n) is 6.45. The van der Waals surface area contributed by atoms with E-state index >= 15 is 0 Å². The van der Waals surface area contributed by atoms with Crippen LogP contribution in [0.4, 0.5) is 4.79 Å². The van der Waals surface area contributed by atoms with Gasteiger partial charge in [-0.3, -0.25) is 0 Å². The molecule has 0 aliphatic carbocycles. The van der Waals surface area contributed by atoms with Gasteiger partial charge in [-0.2, -0.15) is 0 Å². The predicted molar refractivity (Wildman–Crippen MR) is 91.2 cm³/mol. The lowest BCUT2D eigenvalue weighted by atomic mass is 10.1. The van der Waals surface area contributed by atoms with E-state index in [4.69, 9.17) is 4.74 Å². The van der Waals surface area contributed by atoms with Gasteiger partial charge in [0.2, 0.25) is 0 Å². The first kappa shape index (κ1) is 18.9. The minimum absolute atomic E-state index is 0.245. The van der Waals surface area contributed by atoms with E-state index < -0.39 is 5.60 Å². The lowest BCUT2D eigenvalue weighted by Gasteiger charge is -2.22. The van der Waals surface area contributed by atoms with Crippen molar-refractivity contribution in [3.63, 3.8) is 0 Å². The molecule has 0 radical (unpaired) electrons. The Labute approximate surface area is 137 Å². The van der Waals surface area contributed by atoms with Gasteiger partial charge in [-0.25, -0.2) is 9.78 Å². The van der Waals surface area contributed by atoms with Crippen molar-refractivity contribution >= 4 is 17.4 Å². The number of hydrogen-bond donors (Lipinski definition) is 2. The van der Waals surface area contributed by atoms with Crippen LogP contribution in [0.25, 0.3) is 0 Å². The first-order chi connectivity index (χ1) is 10.3. The third kappa shape index (κ3) is 8.34. The first-order valence-electron chi connectivity index (χ1n) is 7.91. The smallest absolute Gasteiger partial charge is 0.407 e. The first-order valence-corrected chi connectivity index (χ1v) is 8.73. The molecule has 0 fully saturated rings. The molecular weight excluding hydrogens is 298 g/mol. The van der Waals surface area contributed by atoms with Crippen molar-refractivity contribution in [1.29, 1.82) is 0 Å². The largest absolute Gasteiger partial charge is 0.444 e. The summed E-state index contributed by atoms with van der Waals surface area (Å²) in [7, 11) is 0. The molecule has 1 heterocycles. The van der Waals surface area contributed by atoms with Gasteiger partial charge in [0, 0.05) is 30.2 Å². The fraction of sp³-hybridized carbons (Fsp3) is 0.750. The third-order valence-corrected chi connectivity index (χ3v) is 3.94. The van der Waals surface area contributed by atoms with Gasteiger partial charge < -0.3 is 15.4 Å². The van der Waals surface area contributed by atoms with Crippen LogP contribution in [-0.2, 0) is 11.3 Å². The molecule has 0 spiro atoms. The van der Waals surface area contributed by atoms with Crippen LogP contribution in [0.1, 0.15) is 56.8 Å². The number of rotatable bonds is 8. The highest BCUT2D eigenvalue weighted by molar-refractivity contribution is 7.11. The average Bonchev–Trinajstić information content (AvgIpc) is 2.81. The molecule has 5 nitrogen and oxygen atoms in total. The fourth-order valence-corrected chi connectivity index (χ4v) is 2.73. The summed E-state index contributed by atoms with van der Waals surface area (Å²) in [5.41, 5.74) is -0.462. The number of alkyl carbamates (subject to hydrolysis) is 1. The van der Waals surface area contributed by atoms with E-state index in [2.05, 4.69) is 22.5 Å². The number of carbonyl (C=O) groups is 1. The molecule has 1 atom stereocenters. The molecule has 1 aromatic heterocycles. The molecule has 126 valence electrons. The Bertz CT molecular complexity index is 454. The predicted octanol–water partition coefficient (Wildman–Crippen LogP) is 3.62. The van der Waals surface area contributed by atoms with Crippen molar-refractivity contribution in [3.8, 4) is 0 Å². The minimum Gasteiger partial charge on any atom is -0.444 e. The standard InChI is InChI=1S/C16H29N3O2S/c1-6-7-8-13(9-19-15(20)21-16(3,4)5)18-11-14-10-17-12(2)22-14/h10,13,18H,6-9,11H2,1-5H3,(H,19,20). The summed E-state index contributed by atoms with van der Waals surface area (Å²) in [5.74, 6) is 0. The Hall–Kier alpha value is -1.14. The summed E-state index contributed by atoms with van der Waals surface area (Å²) in [4.78, 5) is 17.2. The zero-order valence-corrected chi connectivity index (χ0v) is 15.2. The number of ether oxygens (including phenoxy) is 1. The lowest BCUT2D eigenvalue weighted by Crippen LogP contribution is -2.42. The van der Waals surface area contributed by atoms with E-state index in [0.29, 0.717) is 6.54 Å². The highest BCUT2D eigenvalue weighted by atomic mass is 32.1. The summed E-state index contributed by atoms with van der Waals surface area (Å²) < 4.78 is 5.27. The van der Waals surface area contributed by atoms with Gasteiger partial charge in [-0.15, -0.1) is 11.3 Å². The van der Waals surface area contributed by atoms with E-state index in [0.717, 1.165) is 30.8 Å². The molecule has 1 rings (SSSR count). The second kappa shape index (κ2) is 9.10. The number of unbranched alkanes of at least 4 members (excludes halogenated alkanes) is 1. The summed E-state index contributed by atoms with van der Waals surface area (Å²) in [6.45, 7) is 11.1. The van der Waals surface area contributed by atoms with E-state index in [1.165, 1.54) is 4.88 Å². The zero-order valence-electron chi connectivity index (χ0n) is 14.4. The molecule has 2 N–H and O–H groups in total. The second-order valence-corrected chi connectivity index (χ2v) is 7.77. The zero-order chi connectivity index (χ0) is 16.6. The van der Waals surface area contributed by atoms with Gasteiger partial charge in [0.15, 0.2) is 0 Å². The molecule has 0 aromatic carbocycles. The number of nitrogens with zero attached hydrogens (tertiary/aromatic N) is 1. The topological polar surface area (TPSA) is 63.2 Å². The van der Waals surface area contributed by atoms with Crippen molar-refractivity contribution in [3.05, 3.63) is 16.1 Å². The SMILES string of the molecule is CCCCC(CNC(=O)OC(C)(C)C)NCc1cnc(C)s1. The van der Waals surface area contributed by atoms with Crippen LogP contribution in [-0.4, -0.2) is 29.3 Å². The molecule has 0 bridgehead atoms. The molecule has 6 heteroatoms. The number of thiazole rings is 1. The molecule has 22 heavy (non-hydrogen) atoms. The normalized spacial score (nSPS) is 13.0. The monoisotopic (exact) mass is 327 g/mol. The summed E-state index contributed by atoms with van der Waals surface area (Å²) in [6, 6.07) is 0.245. The van der Waals surface area contributed by atoms with Crippen molar-refractivity contribution < 1.29 is 9.53 Å². The minimum atomic E-state index is -0.462. The van der Waals surface area contributed by atoms with Crippen LogP contribution < -0.4 is 10.6 Å². The maximum absolute atomic E-state index is 11.7. The maximum atomic E-state index is 11.7. The van der Waals surface area contributed by atoms with E-state index in [9.17, 15) is 4.79 Å². The van der Waals surface area contributed by atoms with Gasteiger partial charge in [0.25, 0.3) is 0 Å². The molecule has 0 saturated heterocycles. The third-order valence-electron chi connectivity index (χ3n) is 3.03. The van der Waals surface area contributed by atoms with Gasteiger partial charge >= 0.3 is 6.09 Å². The Morgan fingerprint density at radius 1 is 1.45 bits per heavy atom. The van der Waals surface area contributed by atoms with Crippen LogP contribution in [0.15, 0.2) is 6.20 Å².